The quantitative estimate of drug-likeness (QED) is 0.889. The summed E-state index contributed by atoms with van der Waals surface area (Å²) in [5, 5.41) is 3.15. The molecule has 4 nitrogen and oxygen atoms in total. The highest BCUT2D eigenvalue weighted by Gasteiger charge is 2.26. The van der Waals surface area contributed by atoms with Gasteiger partial charge in [0, 0.05) is 32.7 Å². The van der Waals surface area contributed by atoms with Gasteiger partial charge in [-0.15, -0.1) is 0 Å². The van der Waals surface area contributed by atoms with Gasteiger partial charge in [0.1, 0.15) is 5.82 Å². The van der Waals surface area contributed by atoms with Gasteiger partial charge in [-0.05, 0) is 37.8 Å². The third-order valence-corrected chi connectivity index (χ3v) is 5.72. The van der Waals surface area contributed by atoms with Gasteiger partial charge in [0.15, 0.2) is 0 Å². The summed E-state index contributed by atoms with van der Waals surface area (Å²) in [6, 6.07) is 6.79. The van der Waals surface area contributed by atoms with Crippen LogP contribution in [0.2, 0.25) is 0 Å². The average Bonchev–Trinajstić information content (AvgIpc) is 2.67. The molecule has 1 aromatic carbocycles. The molecule has 2 aliphatic rings. The zero-order valence-electron chi connectivity index (χ0n) is 15.2. The minimum absolute atomic E-state index is 0.119. The lowest BCUT2D eigenvalue weighted by molar-refractivity contribution is -0.126. The van der Waals surface area contributed by atoms with Crippen molar-refractivity contribution in [3.8, 4) is 0 Å². The summed E-state index contributed by atoms with van der Waals surface area (Å²) in [6.45, 7) is 5.87. The van der Waals surface area contributed by atoms with Gasteiger partial charge in [-0.1, -0.05) is 31.4 Å². The number of hydrogen-bond donors (Lipinski definition) is 1. The Kier molecular flexibility index (Phi) is 6.29. The van der Waals surface area contributed by atoms with Crippen molar-refractivity contribution in [2.24, 2.45) is 5.92 Å². The number of carbonyl (C=O) groups is 1. The number of anilines is 1. The fourth-order valence-electron chi connectivity index (χ4n) is 4.01. The normalized spacial score (nSPS) is 21.1. The summed E-state index contributed by atoms with van der Waals surface area (Å²) < 4.78 is 13.9. The zero-order valence-corrected chi connectivity index (χ0v) is 15.2. The number of para-hydroxylation sites is 1. The average molecular weight is 347 g/mol. The Morgan fingerprint density at radius 3 is 2.52 bits per heavy atom. The summed E-state index contributed by atoms with van der Waals surface area (Å²) in [6.07, 6.45) is 6.43. The van der Waals surface area contributed by atoms with E-state index in [2.05, 4.69) is 15.1 Å². The molecule has 0 bridgehead atoms. The Balaban J connectivity index is 1.45. The van der Waals surface area contributed by atoms with E-state index in [0.717, 1.165) is 32.7 Å². The first-order valence-corrected chi connectivity index (χ1v) is 9.66. The number of nitrogens with zero attached hydrogens (tertiary/aromatic N) is 2. The first kappa shape index (κ1) is 18.2. The van der Waals surface area contributed by atoms with Crippen molar-refractivity contribution in [3.63, 3.8) is 0 Å². The predicted octanol–water partition coefficient (Wildman–Crippen LogP) is 3.03. The summed E-state index contributed by atoms with van der Waals surface area (Å²) in [5.74, 6) is 0.613. The molecule has 3 rings (SSSR count). The van der Waals surface area contributed by atoms with Gasteiger partial charge < -0.3 is 10.2 Å². The van der Waals surface area contributed by atoms with Crippen molar-refractivity contribution in [1.29, 1.82) is 0 Å². The molecule has 0 aromatic heterocycles. The molecule has 0 spiro atoms. The molecule has 1 saturated carbocycles. The van der Waals surface area contributed by atoms with Crippen LogP contribution in [0.4, 0.5) is 10.1 Å². The fourth-order valence-corrected chi connectivity index (χ4v) is 4.01. The minimum atomic E-state index is -0.172. The molecule has 0 unspecified atom stereocenters. The van der Waals surface area contributed by atoms with Gasteiger partial charge in [-0.2, -0.15) is 0 Å². The van der Waals surface area contributed by atoms with Gasteiger partial charge in [0.05, 0.1) is 11.7 Å². The van der Waals surface area contributed by atoms with Gasteiger partial charge in [0.25, 0.3) is 0 Å². The Morgan fingerprint density at radius 1 is 1.16 bits per heavy atom. The van der Waals surface area contributed by atoms with E-state index in [9.17, 15) is 9.18 Å². The van der Waals surface area contributed by atoms with Crippen molar-refractivity contribution in [2.75, 3.05) is 37.6 Å². The number of hydrogen-bond acceptors (Lipinski definition) is 3. The molecule has 2 fully saturated rings. The van der Waals surface area contributed by atoms with Gasteiger partial charge in [-0.3, -0.25) is 9.69 Å². The summed E-state index contributed by atoms with van der Waals surface area (Å²) in [7, 11) is 0. The van der Waals surface area contributed by atoms with Crippen LogP contribution >= 0.6 is 0 Å². The lowest BCUT2D eigenvalue weighted by atomic mass is 9.89. The smallest absolute Gasteiger partial charge is 0.237 e. The predicted molar refractivity (Wildman–Crippen MR) is 99.2 cm³/mol. The molecular weight excluding hydrogens is 317 g/mol. The highest BCUT2D eigenvalue weighted by molar-refractivity contribution is 5.81. The van der Waals surface area contributed by atoms with Crippen LogP contribution in [0.15, 0.2) is 24.3 Å². The highest BCUT2D eigenvalue weighted by atomic mass is 19.1. The third-order valence-electron chi connectivity index (χ3n) is 5.72. The highest BCUT2D eigenvalue weighted by Crippen LogP contribution is 2.23. The van der Waals surface area contributed by atoms with Gasteiger partial charge >= 0.3 is 0 Å². The Bertz CT molecular complexity index is 566. The maximum absolute atomic E-state index is 13.9. The van der Waals surface area contributed by atoms with E-state index < -0.39 is 0 Å². The number of halogens is 1. The number of carbonyl (C=O) groups excluding carboxylic acids is 1. The van der Waals surface area contributed by atoms with Crippen LogP contribution in [0.25, 0.3) is 0 Å². The van der Waals surface area contributed by atoms with Crippen LogP contribution in [0.3, 0.4) is 0 Å². The Morgan fingerprint density at radius 2 is 1.84 bits per heavy atom. The van der Waals surface area contributed by atoms with E-state index in [4.69, 9.17) is 0 Å². The summed E-state index contributed by atoms with van der Waals surface area (Å²) in [5.41, 5.74) is 0.663. The maximum Gasteiger partial charge on any atom is 0.237 e. The molecule has 1 N–H and O–H groups in total. The second-order valence-corrected chi connectivity index (χ2v) is 7.40. The molecule has 1 aromatic rings. The molecule has 1 amide bonds. The molecule has 1 saturated heterocycles. The van der Waals surface area contributed by atoms with E-state index in [-0.39, 0.29) is 17.8 Å². The zero-order chi connectivity index (χ0) is 17.6. The van der Waals surface area contributed by atoms with Crippen LogP contribution in [0.1, 0.15) is 39.0 Å². The number of nitrogens with one attached hydrogen (secondary N) is 1. The van der Waals surface area contributed by atoms with Crippen LogP contribution in [-0.4, -0.2) is 49.6 Å². The van der Waals surface area contributed by atoms with Crippen LogP contribution in [-0.2, 0) is 4.79 Å². The second-order valence-electron chi connectivity index (χ2n) is 7.40. The van der Waals surface area contributed by atoms with Gasteiger partial charge in [0.2, 0.25) is 5.91 Å². The lowest BCUT2D eigenvalue weighted by Gasteiger charge is -2.38. The van der Waals surface area contributed by atoms with Crippen molar-refractivity contribution in [3.05, 3.63) is 30.1 Å². The molecule has 138 valence electrons. The van der Waals surface area contributed by atoms with E-state index in [0.29, 0.717) is 11.6 Å². The summed E-state index contributed by atoms with van der Waals surface area (Å²) >= 11 is 0. The molecule has 1 atom stereocenters. The first-order valence-electron chi connectivity index (χ1n) is 9.66. The lowest BCUT2D eigenvalue weighted by Crippen LogP contribution is -2.54. The van der Waals surface area contributed by atoms with Gasteiger partial charge in [-0.25, -0.2) is 4.39 Å². The second kappa shape index (κ2) is 8.65. The monoisotopic (exact) mass is 347 g/mol. The van der Waals surface area contributed by atoms with Crippen molar-refractivity contribution < 1.29 is 9.18 Å². The number of rotatable bonds is 5. The summed E-state index contributed by atoms with van der Waals surface area (Å²) in [4.78, 5) is 16.7. The van der Waals surface area contributed by atoms with Crippen LogP contribution < -0.4 is 10.2 Å². The Hall–Kier alpha value is -1.62. The van der Waals surface area contributed by atoms with Crippen LogP contribution in [0.5, 0.6) is 0 Å². The number of piperazine rings is 1. The molecule has 1 aliphatic heterocycles. The molecule has 1 heterocycles. The molecule has 0 radical (unpaired) electrons. The molecule has 1 aliphatic carbocycles. The fraction of sp³-hybridized carbons (Fsp3) is 0.650. The molecular formula is C20H30FN3O. The first-order chi connectivity index (χ1) is 12.1. The van der Waals surface area contributed by atoms with E-state index in [1.165, 1.54) is 38.2 Å². The minimum Gasteiger partial charge on any atom is -0.367 e. The number of amides is 1. The largest absolute Gasteiger partial charge is 0.367 e. The maximum atomic E-state index is 13.9. The van der Waals surface area contributed by atoms with E-state index in [1.807, 2.05) is 19.1 Å². The molecule has 5 heteroatoms. The standard InChI is InChI=1S/C20H30FN3O/c1-16(20(25)22-15-17-7-3-2-4-8-17)23-11-13-24(14-12-23)19-10-6-5-9-18(19)21/h5-6,9-10,16-17H,2-4,7-8,11-15H2,1H3,(H,22,25)/t16-/m1/s1. The Labute approximate surface area is 150 Å². The third kappa shape index (κ3) is 4.72. The molecule has 25 heavy (non-hydrogen) atoms. The number of benzene rings is 1. The van der Waals surface area contributed by atoms with E-state index >= 15 is 0 Å². The van der Waals surface area contributed by atoms with Crippen molar-refractivity contribution in [2.45, 2.75) is 45.1 Å². The van der Waals surface area contributed by atoms with Crippen molar-refractivity contribution >= 4 is 11.6 Å². The van der Waals surface area contributed by atoms with E-state index in [1.54, 1.807) is 6.07 Å². The van der Waals surface area contributed by atoms with Crippen LogP contribution in [0, 0.1) is 11.7 Å². The topological polar surface area (TPSA) is 35.6 Å². The van der Waals surface area contributed by atoms with Crippen molar-refractivity contribution in [1.82, 2.24) is 10.2 Å². The SMILES string of the molecule is C[C@H](C(=O)NCC1CCCCC1)N1CCN(c2ccccc2F)CC1.